The van der Waals surface area contributed by atoms with E-state index in [2.05, 4.69) is 40.8 Å². The molecule has 3 N–H and O–H groups in total. The Labute approximate surface area is 119 Å². The summed E-state index contributed by atoms with van der Waals surface area (Å²) >= 11 is 0. The Hall–Kier alpha value is -2.15. The first-order valence-corrected chi connectivity index (χ1v) is 6.81. The zero-order chi connectivity index (χ0) is 14.3. The minimum Gasteiger partial charge on any atom is -0.283 e. The molecule has 0 unspecified atom stereocenters. The Bertz CT molecular complexity index is 639. The van der Waals surface area contributed by atoms with E-state index in [0.29, 0.717) is 0 Å². The summed E-state index contributed by atoms with van der Waals surface area (Å²) in [4.78, 5) is 0. The minimum atomic E-state index is -0.536. The Morgan fingerprint density at radius 2 is 1.05 bits per heavy atom. The van der Waals surface area contributed by atoms with Crippen molar-refractivity contribution in [2.45, 2.75) is 25.8 Å². The number of aromatic amines is 3. The highest BCUT2D eigenvalue weighted by molar-refractivity contribution is 6.21. The summed E-state index contributed by atoms with van der Waals surface area (Å²) in [7, 11) is 3.98. The average Bonchev–Trinajstić information content (AvgIpc) is 3.10. The standard InChI is InChI=1S/C13H15N6Si/c1-7-10(4-14-17-7)13(20,11-5-15-18-8(11)2)12-6-16-19-9(12)3/h4-6H,1-3H3,(H,14,17)(H,15,18)(H,16,19). The van der Waals surface area contributed by atoms with Gasteiger partial charge in [-0.2, -0.15) is 15.3 Å². The van der Waals surface area contributed by atoms with Crippen molar-refractivity contribution < 1.29 is 0 Å². The van der Waals surface area contributed by atoms with Gasteiger partial charge in [0.15, 0.2) is 0 Å². The molecule has 3 rings (SSSR count). The van der Waals surface area contributed by atoms with Crippen LogP contribution in [0.25, 0.3) is 0 Å². The molecule has 7 heteroatoms. The molecule has 3 aromatic rings. The Morgan fingerprint density at radius 1 is 0.750 bits per heavy atom. The second kappa shape index (κ2) is 4.45. The Morgan fingerprint density at radius 3 is 1.25 bits per heavy atom. The van der Waals surface area contributed by atoms with Gasteiger partial charge in [0, 0.05) is 38.8 Å². The predicted octanol–water partition coefficient (Wildman–Crippen LogP) is 1.24. The van der Waals surface area contributed by atoms with E-state index in [0.717, 1.165) is 33.8 Å². The van der Waals surface area contributed by atoms with Gasteiger partial charge < -0.3 is 0 Å². The minimum absolute atomic E-state index is 0.536. The summed E-state index contributed by atoms with van der Waals surface area (Å²) < 4.78 is 0. The van der Waals surface area contributed by atoms with Crippen LogP contribution < -0.4 is 0 Å². The number of H-pyrrole nitrogens is 3. The molecule has 3 aromatic heterocycles. The van der Waals surface area contributed by atoms with Crippen molar-refractivity contribution >= 4 is 10.2 Å². The van der Waals surface area contributed by atoms with Crippen LogP contribution >= 0.6 is 0 Å². The van der Waals surface area contributed by atoms with Gasteiger partial charge in [-0.3, -0.25) is 15.3 Å². The highest BCUT2D eigenvalue weighted by Gasteiger charge is 2.38. The van der Waals surface area contributed by atoms with Gasteiger partial charge in [-0.15, -0.1) is 0 Å². The maximum absolute atomic E-state index is 4.15. The monoisotopic (exact) mass is 283 g/mol. The normalized spacial score (nSPS) is 12.0. The molecule has 0 aromatic carbocycles. The van der Waals surface area contributed by atoms with Crippen LogP contribution in [0.15, 0.2) is 18.6 Å². The first kappa shape index (κ1) is 12.9. The molecule has 0 saturated carbocycles. The fourth-order valence-corrected chi connectivity index (χ4v) is 3.38. The van der Waals surface area contributed by atoms with Gasteiger partial charge >= 0.3 is 0 Å². The molecule has 3 heterocycles. The van der Waals surface area contributed by atoms with E-state index in [4.69, 9.17) is 0 Å². The molecule has 0 spiro atoms. The van der Waals surface area contributed by atoms with Crippen LogP contribution in [0.5, 0.6) is 0 Å². The Balaban J connectivity index is 2.32. The molecule has 0 aliphatic carbocycles. The summed E-state index contributed by atoms with van der Waals surface area (Å²) in [6.45, 7) is 6.01. The van der Waals surface area contributed by atoms with Crippen molar-refractivity contribution in [3.05, 3.63) is 52.4 Å². The Kier molecular flexibility index (Phi) is 2.86. The largest absolute Gasteiger partial charge is 0.283 e. The van der Waals surface area contributed by atoms with Gasteiger partial charge in [0.25, 0.3) is 0 Å². The smallest absolute Gasteiger partial charge is 0.0531 e. The zero-order valence-corrected chi connectivity index (χ0v) is 12.6. The van der Waals surface area contributed by atoms with E-state index in [9.17, 15) is 0 Å². The van der Waals surface area contributed by atoms with E-state index in [1.54, 1.807) is 0 Å². The highest BCUT2D eigenvalue weighted by atomic mass is 28.1. The number of aryl methyl sites for hydroxylation is 3. The van der Waals surface area contributed by atoms with E-state index < -0.39 is 5.04 Å². The number of aromatic nitrogens is 6. The van der Waals surface area contributed by atoms with Crippen LogP contribution in [-0.4, -0.2) is 40.8 Å². The fraction of sp³-hybridized carbons (Fsp3) is 0.308. The third kappa shape index (κ3) is 1.66. The predicted molar refractivity (Wildman–Crippen MR) is 75.6 cm³/mol. The van der Waals surface area contributed by atoms with Crippen LogP contribution in [0, 0.1) is 20.8 Å². The second-order valence-corrected chi connectivity index (χ2v) is 5.73. The molecule has 0 bridgehead atoms. The van der Waals surface area contributed by atoms with Crippen LogP contribution in [0.3, 0.4) is 0 Å². The van der Waals surface area contributed by atoms with Crippen molar-refractivity contribution in [3.8, 4) is 0 Å². The number of rotatable bonds is 3. The summed E-state index contributed by atoms with van der Waals surface area (Å²) in [5.41, 5.74) is 6.14. The lowest BCUT2D eigenvalue weighted by molar-refractivity contribution is 0.848. The second-order valence-electron chi connectivity index (χ2n) is 4.98. The maximum atomic E-state index is 4.15. The van der Waals surface area contributed by atoms with Crippen molar-refractivity contribution in [2.75, 3.05) is 0 Å². The number of nitrogens with one attached hydrogen (secondary N) is 3. The lowest BCUT2D eigenvalue weighted by Gasteiger charge is -2.29. The highest BCUT2D eigenvalue weighted by Crippen LogP contribution is 2.39. The molecule has 0 amide bonds. The SMILES string of the molecule is Cc1[nH]ncc1C([Si])(c1cn[nH]c1C)c1cn[nH]c1C. The summed E-state index contributed by atoms with van der Waals surface area (Å²) in [6, 6.07) is 0. The van der Waals surface area contributed by atoms with Crippen LogP contribution in [0.1, 0.15) is 33.8 Å². The lowest BCUT2D eigenvalue weighted by atomic mass is 9.84. The van der Waals surface area contributed by atoms with Gasteiger partial charge in [0.1, 0.15) is 0 Å². The average molecular weight is 283 g/mol. The maximum Gasteiger partial charge on any atom is 0.0531 e. The summed E-state index contributed by atoms with van der Waals surface area (Å²) in [6.07, 6.45) is 5.50. The molecule has 6 nitrogen and oxygen atoms in total. The first-order chi connectivity index (χ1) is 9.55. The molecule has 0 atom stereocenters. The van der Waals surface area contributed by atoms with Gasteiger partial charge in [0.05, 0.1) is 28.8 Å². The van der Waals surface area contributed by atoms with E-state index >= 15 is 0 Å². The van der Waals surface area contributed by atoms with E-state index in [1.807, 2.05) is 39.4 Å². The van der Waals surface area contributed by atoms with Crippen LogP contribution in [0.2, 0.25) is 0 Å². The lowest BCUT2D eigenvalue weighted by Crippen LogP contribution is -2.31. The van der Waals surface area contributed by atoms with Gasteiger partial charge in [-0.05, 0) is 20.8 Å². The number of nitrogens with zero attached hydrogens (tertiary/aromatic N) is 3. The molecule has 0 aliphatic heterocycles. The molecular weight excluding hydrogens is 268 g/mol. The molecule has 0 fully saturated rings. The zero-order valence-electron chi connectivity index (χ0n) is 11.6. The third-order valence-corrected chi connectivity index (χ3v) is 4.51. The van der Waals surface area contributed by atoms with E-state index in [-0.39, 0.29) is 0 Å². The third-order valence-electron chi connectivity index (χ3n) is 3.70. The molecule has 0 aliphatic rings. The molecular formula is C13H15N6Si. The molecule has 101 valence electrons. The van der Waals surface area contributed by atoms with Crippen LogP contribution in [0.4, 0.5) is 0 Å². The fourth-order valence-electron chi connectivity index (χ4n) is 2.62. The van der Waals surface area contributed by atoms with E-state index in [1.165, 1.54) is 0 Å². The van der Waals surface area contributed by atoms with Gasteiger partial charge in [0.2, 0.25) is 0 Å². The topological polar surface area (TPSA) is 86.0 Å². The number of hydrogen-bond acceptors (Lipinski definition) is 3. The van der Waals surface area contributed by atoms with Gasteiger partial charge in [-0.25, -0.2) is 0 Å². The van der Waals surface area contributed by atoms with Gasteiger partial charge in [-0.1, -0.05) is 0 Å². The molecule has 20 heavy (non-hydrogen) atoms. The summed E-state index contributed by atoms with van der Waals surface area (Å²) in [5.74, 6) is 0. The van der Waals surface area contributed by atoms with Crippen molar-refractivity contribution in [3.63, 3.8) is 0 Å². The first-order valence-electron chi connectivity index (χ1n) is 6.31. The molecule has 0 saturated heterocycles. The van der Waals surface area contributed by atoms with Crippen molar-refractivity contribution in [1.82, 2.24) is 30.6 Å². The van der Waals surface area contributed by atoms with Crippen LogP contribution in [-0.2, 0) is 5.04 Å². The summed E-state index contributed by atoms with van der Waals surface area (Å²) in [5, 5.41) is 20.9. The van der Waals surface area contributed by atoms with Crippen molar-refractivity contribution in [1.29, 1.82) is 0 Å². The molecule has 3 radical (unpaired) electrons. The van der Waals surface area contributed by atoms with Crippen molar-refractivity contribution in [2.24, 2.45) is 0 Å². The number of hydrogen-bond donors (Lipinski definition) is 3. The quantitative estimate of drug-likeness (QED) is 0.632.